The van der Waals surface area contributed by atoms with Crippen LogP contribution in [0.15, 0.2) is 103 Å². The molecule has 2 amide bonds. The number of hydrogen-bond acceptors (Lipinski definition) is 3. The van der Waals surface area contributed by atoms with Gasteiger partial charge in [0.15, 0.2) is 0 Å². The molecular formula is C30H28N2O4. The highest BCUT2D eigenvalue weighted by atomic mass is 16.4. The second-order valence-corrected chi connectivity index (χ2v) is 8.76. The van der Waals surface area contributed by atoms with Crippen LogP contribution in [0.3, 0.4) is 0 Å². The molecule has 6 nitrogen and oxygen atoms in total. The van der Waals surface area contributed by atoms with Crippen molar-refractivity contribution in [1.29, 1.82) is 0 Å². The molecule has 0 aliphatic heterocycles. The van der Waals surface area contributed by atoms with Gasteiger partial charge in [0.05, 0.1) is 6.42 Å². The number of fused-ring (bicyclic) bond motifs is 1. The number of hydrogen-bond donors (Lipinski definition) is 3. The Kier molecular flexibility index (Phi) is 8.08. The average molecular weight is 481 g/mol. The molecule has 4 aromatic carbocycles. The number of carbonyl (C=O) groups is 3. The quantitative estimate of drug-likeness (QED) is 0.321. The number of carboxylic acid groups (broad SMARTS) is 1. The van der Waals surface area contributed by atoms with Gasteiger partial charge in [-0.2, -0.15) is 0 Å². The predicted octanol–water partition coefficient (Wildman–Crippen LogP) is 3.92. The van der Waals surface area contributed by atoms with Crippen LogP contribution in [0, 0.1) is 0 Å². The Balaban J connectivity index is 1.48. The van der Waals surface area contributed by atoms with Gasteiger partial charge in [-0.1, -0.05) is 103 Å². The van der Waals surface area contributed by atoms with E-state index in [1.54, 1.807) is 0 Å². The van der Waals surface area contributed by atoms with Crippen molar-refractivity contribution < 1.29 is 19.5 Å². The van der Waals surface area contributed by atoms with E-state index in [9.17, 15) is 19.5 Å². The summed E-state index contributed by atoms with van der Waals surface area (Å²) < 4.78 is 0. The summed E-state index contributed by atoms with van der Waals surface area (Å²) in [6.07, 6.45) is 0.495. The number of benzene rings is 4. The lowest BCUT2D eigenvalue weighted by atomic mass is 10.0. The number of carbonyl (C=O) groups excluding carboxylic acids is 2. The first-order valence-corrected chi connectivity index (χ1v) is 11.9. The molecule has 182 valence electrons. The van der Waals surface area contributed by atoms with Crippen molar-refractivity contribution in [3.63, 3.8) is 0 Å². The van der Waals surface area contributed by atoms with Crippen LogP contribution in [0.2, 0.25) is 0 Å². The van der Waals surface area contributed by atoms with E-state index in [0.29, 0.717) is 0 Å². The Morgan fingerprint density at radius 3 is 1.78 bits per heavy atom. The number of nitrogens with one attached hydrogen (secondary N) is 2. The van der Waals surface area contributed by atoms with Crippen LogP contribution in [0.5, 0.6) is 0 Å². The average Bonchev–Trinajstić information content (AvgIpc) is 2.89. The van der Waals surface area contributed by atoms with E-state index in [4.69, 9.17) is 0 Å². The van der Waals surface area contributed by atoms with E-state index in [0.717, 1.165) is 27.5 Å². The number of amides is 2. The highest BCUT2D eigenvalue weighted by Crippen LogP contribution is 2.16. The number of aliphatic carboxylic acids is 1. The molecule has 0 aliphatic carbocycles. The minimum absolute atomic E-state index is 0.107. The highest BCUT2D eigenvalue weighted by molar-refractivity contribution is 5.91. The van der Waals surface area contributed by atoms with Crippen LogP contribution in [0.25, 0.3) is 10.8 Å². The summed E-state index contributed by atoms with van der Waals surface area (Å²) in [5, 5.41) is 17.3. The number of rotatable bonds is 10. The maximum absolute atomic E-state index is 13.2. The standard InChI is InChI=1S/C30H28N2O4/c33-28(20-23-15-16-24-13-7-8-14-25(24)17-23)31-26(18-21-9-3-1-4-10-21)29(34)32-27(30(35)36)19-22-11-5-2-6-12-22/h1-17,26-27H,18-20H2,(H,31,33)(H,32,34)(H,35,36)/t26-,27-/m1/s1. The minimum atomic E-state index is -1.13. The summed E-state index contributed by atoms with van der Waals surface area (Å²) in [5.41, 5.74) is 2.49. The third-order valence-corrected chi connectivity index (χ3v) is 6.01. The molecule has 3 N–H and O–H groups in total. The molecule has 2 atom stereocenters. The lowest BCUT2D eigenvalue weighted by molar-refractivity contribution is -0.142. The van der Waals surface area contributed by atoms with Crippen molar-refractivity contribution in [3.05, 3.63) is 120 Å². The van der Waals surface area contributed by atoms with Crippen LogP contribution in [0.4, 0.5) is 0 Å². The third-order valence-electron chi connectivity index (χ3n) is 6.01. The molecule has 0 radical (unpaired) electrons. The second kappa shape index (κ2) is 11.8. The maximum Gasteiger partial charge on any atom is 0.326 e. The van der Waals surface area contributed by atoms with Gasteiger partial charge in [0, 0.05) is 12.8 Å². The van der Waals surface area contributed by atoms with Crippen molar-refractivity contribution >= 4 is 28.6 Å². The van der Waals surface area contributed by atoms with Crippen molar-refractivity contribution in [1.82, 2.24) is 10.6 Å². The van der Waals surface area contributed by atoms with Gasteiger partial charge < -0.3 is 15.7 Å². The molecule has 0 saturated carbocycles. The summed E-state index contributed by atoms with van der Waals surface area (Å²) in [5.74, 6) is -1.97. The lowest BCUT2D eigenvalue weighted by Gasteiger charge is -2.22. The molecule has 0 aromatic heterocycles. The van der Waals surface area contributed by atoms with Crippen LogP contribution in [-0.2, 0) is 33.6 Å². The molecular weight excluding hydrogens is 452 g/mol. The summed E-state index contributed by atoms with van der Waals surface area (Å²) in [4.78, 5) is 38.1. The van der Waals surface area contributed by atoms with Crippen LogP contribution < -0.4 is 10.6 Å². The van der Waals surface area contributed by atoms with E-state index >= 15 is 0 Å². The van der Waals surface area contributed by atoms with Gasteiger partial charge in [0.1, 0.15) is 12.1 Å². The van der Waals surface area contributed by atoms with E-state index in [1.165, 1.54) is 0 Å². The zero-order valence-electron chi connectivity index (χ0n) is 19.8. The Labute approximate surface area is 210 Å². The topological polar surface area (TPSA) is 95.5 Å². The maximum atomic E-state index is 13.2. The van der Waals surface area contributed by atoms with Crippen LogP contribution in [-0.4, -0.2) is 35.0 Å². The van der Waals surface area contributed by atoms with E-state index in [-0.39, 0.29) is 25.2 Å². The molecule has 4 rings (SSSR count). The third kappa shape index (κ3) is 6.79. The Morgan fingerprint density at radius 1 is 0.611 bits per heavy atom. The van der Waals surface area contributed by atoms with Crippen molar-refractivity contribution in [2.24, 2.45) is 0 Å². The summed E-state index contributed by atoms with van der Waals surface area (Å²) >= 11 is 0. The zero-order chi connectivity index (χ0) is 25.3. The van der Waals surface area contributed by atoms with Crippen molar-refractivity contribution in [3.8, 4) is 0 Å². The van der Waals surface area contributed by atoms with E-state index in [2.05, 4.69) is 10.6 Å². The van der Waals surface area contributed by atoms with Gasteiger partial charge in [-0.3, -0.25) is 9.59 Å². The minimum Gasteiger partial charge on any atom is -0.480 e. The Morgan fingerprint density at radius 2 is 1.17 bits per heavy atom. The molecule has 6 heteroatoms. The first-order chi connectivity index (χ1) is 17.5. The fourth-order valence-electron chi connectivity index (χ4n) is 4.16. The van der Waals surface area contributed by atoms with E-state index < -0.39 is 24.0 Å². The fourth-order valence-corrected chi connectivity index (χ4v) is 4.16. The van der Waals surface area contributed by atoms with E-state index in [1.807, 2.05) is 103 Å². The number of carboxylic acids is 1. The normalized spacial score (nSPS) is 12.4. The Hall–Kier alpha value is -4.45. The summed E-state index contributed by atoms with van der Waals surface area (Å²) in [6, 6.07) is 30.1. The van der Waals surface area contributed by atoms with Gasteiger partial charge in [0.2, 0.25) is 11.8 Å². The SMILES string of the molecule is O=C(Cc1ccc2ccccc2c1)N[C@H](Cc1ccccc1)C(=O)N[C@H](Cc1ccccc1)C(=O)O. The lowest BCUT2D eigenvalue weighted by Crippen LogP contribution is -2.53. The molecule has 0 heterocycles. The fraction of sp³-hybridized carbons (Fsp3) is 0.167. The Bertz CT molecular complexity index is 1340. The molecule has 36 heavy (non-hydrogen) atoms. The van der Waals surface area contributed by atoms with Crippen molar-refractivity contribution in [2.45, 2.75) is 31.3 Å². The molecule has 0 saturated heterocycles. The van der Waals surface area contributed by atoms with Gasteiger partial charge in [-0.15, -0.1) is 0 Å². The highest BCUT2D eigenvalue weighted by Gasteiger charge is 2.27. The van der Waals surface area contributed by atoms with Crippen molar-refractivity contribution in [2.75, 3.05) is 0 Å². The smallest absolute Gasteiger partial charge is 0.326 e. The molecule has 0 unspecified atom stereocenters. The molecule has 0 aliphatic rings. The summed E-state index contributed by atoms with van der Waals surface area (Å²) in [7, 11) is 0. The monoisotopic (exact) mass is 480 g/mol. The molecule has 0 fully saturated rings. The van der Waals surface area contributed by atoms with Crippen LogP contribution >= 0.6 is 0 Å². The molecule has 0 spiro atoms. The first kappa shape index (κ1) is 24.7. The molecule has 4 aromatic rings. The molecule has 0 bridgehead atoms. The largest absolute Gasteiger partial charge is 0.480 e. The van der Waals surface area contributed by atoms with Gasteiger partial charge in [0.25, 0.3) is 0 Å². The summed E-state index contributed by atoms with van der Waals surface area (Å²) in [6.45, 7) is 0. The zero-order valence-corrected chi connectivity index (χ0v) is 19.8. The first-order valence-electron chi connectivity index (χ1n) is 11.9. The van der Waals surface area contributed by atoms with Gasteiger partial charge in [-0.25, -0.2) is 4.79 Å². The van der Waals surface area contributed by atoms with Gasteiger partial charge in [-0.05, 0) is 27.5 Å². The van der Waals surface area contributed by atoms with Crippen LogP contribution in [0.1, 0.15) is 16.7 Å². The predicted molar refractivity (Wildman–Crippen MR) is 139 cm³/mol. The van der Waals surface area contributed by atoms with Gasteiger partial charge >= 0.3 is 5.97 Å². The second-order valence-electron chi connectivity index (χ2n) is 8.76.